The van der Waals surface area contributed by atoms with Crippen LogP contribution in [0.25, 0.3) is 6.08 Å². The van der Waals surface area contributed by atoms with Crippen molar-refractivity contribution in [2.75, 3.05) is 5.32 Å². The van der Waals surface area contributed by atoms with Crippen molar-refractivity contribution in [3.8, 4) is 6.07 Å². The lowest BCUT2D eigenvalue weighted by Crippen LogP contribution is -2.13. The highest BCUT2D eigenvalue weighted by molar-refractivity contribution is 6.30. The fourth-order valence-corrected chi connectivity index (χ4v) is 3.05. The van der Waals surface area contributed by atoms with Crippen LogP contribution in [0, 0.1) is 24.1 Å². The lowest BCUT2D eigenvalue weighted by Gasteiger charge is -2.09. The second-order valence-electron chi connectivity index (χ2n) is 6.64. The Kier molecular flexibility index (Phi) is 6.43. The van der Waals surface area contributed by atoms with E-state index in [4.69, 9.17) is 11.6 Å². The van der Waals surface area contributed by atoms with Crippen molar-refractivity contribution in [2.24, 2.45) is 0 Å². The normalized spacial score (nSPS) is 11.0. The first kappa shape index (κ1) is 20.3. The number of anilines is 1. The van der Waals surface area contributed by atoms with E-state index in [1.165, 1.54) is 18.2 Å². The summed E-state index contributed by atoms with van der Waals surface area (Å²) in [7, 11) is 0. The number of nitriles is 1. The molecule has 3 aromatic carbocycles. The largest absolute Gasteiger partial charge is 0.321 e. The number of benzene rings is 3. The van der Waals surface area contributed by atoms with Crippen molar-refractivity contribution >= 4 is 29.3 Å². The average molecular weight is 405 g/mol. The summed E-state index contributed by atoms with van der Waals surface area (Å²) in [6, 6.07) is 20.8. The highest BCUT2D eigenvalue weighted by Gasteiger charge is 2.12. The Bertz CT molecular complexity index is 1110. The lowest BCUT2D eigenvalue weighted by atomic mass is 9.98. The molecule has 0 fully saturated rings. The average Bonchev–Trinajstić information content (AvgIpc) is 2.69. The van der Waals surface area contributed by atoms with Gasteiger partial charge >= 0.3 is 0 Å². The molecule has 0 radical (unpaired) electrons. The molecular weight excluding hydrogens is 387 g/mol. The Hall–Kier alpha value is -3.42. The summed E-state index contributed by atoms with van der Waals surface area (Å²) in [6.07, 6.45) is 1.95. The molecule has 0 aromatic heterocycles. The van der Waals surface area contributed by atoms with Gasteiger partial charge in [0.05, 0.1) is 0 Å². The van der Waals surface area contributed by atoms with Crippen molar-refractivity contribution in [3.63, 3.8) is 0 Å². The zero-order valence-corrected chi connectivity index (χ0v) is 16.5. The molecule has 0 heterocycles. The SMILES string of the molecule is Cc1ccc(NC(=O)/C(C#N)=C/c2cc(Cl)ccc2Cc2cccc(F)c2)cc1. The van der Waals surface area contributed by atoms with Gasteiger partial charge < -0.3 is 5.32 Å². The molecular formula is C24H18ClFN2O. The molecule has 0 aliphatic heterocycles. The third-order valence-corrected chi connectivity index (χ3v) is 4.60. The zero-order valence-electron chi connectivity index (χ0n) is 15.7. The minimum Gasteiger partial charge on any atom is -0.321 e. The third-order valence-electron chi connectivity index (χ3n) is 4.37. The monoisotopic (exact) mass is 404 g/mol. The summed E-state index contributed by atoms with van der Waals surface area (Å²) < 4.78 is 13.5. The Balaban J connectivity index is 1.90. The zero-order chi connectivity index (χ0) is 20.8. The van der Waals surface area contributed by atoms with Crippen molar-refractivity contribution < 1.29 is 9.18 Å². The molecule has 144 valence electrons. The van der Waals surface area contributed by atoms with Crippen LogP contribution < -0.4 is 5.32 Å². The minimum absolute atomic E-state index is 0.0478. The van der Waals surface area contributed by atoms with Crippen LogP contribution in [-0.2, 0) is 11.2 Å². The van der Waals surface area contributed by atoms with Crippen LogP contribution in [0.15, 0.2) is 72.3 Å². The van der Waals surface area contributed by atoms with Crippen LogP contribution in [0.3, 0.4) is 0 Å². The maximum absolute atomic E-state index is 13.5. The molecule has 0 saturated heterocycles. The van der Waals surface area contributed by atoms with Gasteiger partial charge in [0.2, 0.25) is 0 Å². The van der Waals surface area contributed by atoms with Gasteiger partial charge in [-0.25, -0.2) is 4.39 Å². The fraction of sp³-hybridized carbons (Fsp3) is 0.0833. The Morgan fingerprint density at radius 3 is 2.59 bits per heavy atom. The number of hydrogen-bond donors (Lipinski definition) is 1. The number of halogens is 2. The van der Waals surface area contributed by atoms with Crippen molar-refractivity contribution in [3.05, 3.63) is 105 Å². The van der Waals surface area contributed by atoms with E-state index in [0.717, 1.165) is 16.7 Å². The molecule has 3 nitrogen and oxygen atoms in total. The molecule has 3 aromatic rings. The number of carbonyl (C=O) groups excluding carboxylic acids is 1. The first-order valence-corrected chi connectivity index (χ1v) is 9.35. The summed E-state index contributed by atoms with van der Waals surface area (Å²) >= 11 is 6.12. The molecule has 1 N–H and O–H groups in total. The van der Waals surface area contributed by atoms with E-state index in [1.54, 1.807) is 30.3 Å². The molecule has 0 saturated carbocycles. The molecule has 0 aliphatic rings. The topological polar surface area (TPSA) is 52.9 Å². The molecule has 0 atom stereocenters. The number of rotatable bonds is 5. The van der Waals surface area contributed by atoms with Gasteiger partial charge in [0.25, 0.3) is 5.91 Å². The van der Waals surface area contributed by atoms with E-state index < -0.39 is 5.91 Å². The van der Waals surface area contributed by atoms with E-state index >= 15 is 0 Å². The second-order valence-corrected chi connectivity index (χ2v) is 7.08. The number of nitrogens with zero attached hydrogens (tertiary/aromatic N) is 1. The standard InChI is InChI=1S/C24H18ClFN2O/c1-16-5-9-23(10-6-16)28-24(29)20(15-27)13-19-14-21(25)8-7-18(19)11-17-3-2-4-22(26)12-17/h2-10,12-14H,11H2,1H3,(H,28,29)/b20-13+. The van der Waals surface area contributed by atoms with Crippen LogP contribution in [0.4, 0.5) is 10.1 Å². The minimum atomic E-state index is -0.506. The Morgan fingerprint density at radius 1 is 1.14 bits per heavy atom. The van der Waals surface area contributed by atoms with Crippen LogP contribution in [0.1, 0.15) is 22.3 Å². The molecule has 3 rings (SSSR count). The van der Waals surface area contributed by atoms with E-state index in [2.05, 4.69) is 5.32 Å². The van der Waals surface area contributed by atoms with Crippen molar-refractivity contribution in [1.29, 1.82) is 5.26 Å². The maximum Gasteiger partial charge on any atom is 0.266 e. The molecule has 29 heavy (non-hydrogen) atoms. The van der Waals surface area contributed by atoms with Gasteiger partial charge in [-0.3, -0.25) is 4.79 Å². The van der Waals surface area contributed by atoms with Gasteiger partial charge in [-0.05, 0) is 72.5 Å². The van der Waals surface area contributed by atoms with Gasteiger partial charge in [0.15, 0.2) is 0 Å². The summed E-state index contributed by atoms with van der Waals surface area (Å²) in [4.78, 5) is 12.5. The molecule has 0 bridgehead atoms. The predicted octanol–water partition coefficient (Wildman–Crippen LogP) is 5.92. The van der Waals surface area contributed by atoms with Gasteiger partial charge in [-0.1, -0.05) is 47.5 Å². The van der Waals surface area contributed by atoms with Gasteiger partial charge in [-0.15, -0.1) is 0 Å². The molecule has 5 heteroatoms. The first-order valence-electron chi connectivity index (χ1n) is 8.97. The summed E-state index contributed by atoms with van der Waals surface area (Å²) in [5, 5.41) is 12.7. The molecule has 0 spiro atoms. The highest BCUT2D eigenvalue weighted by atomic mass is 35.5. The first-order chi connectivity index (χ1) is 13.9. The van der Waals surface area contributed by atoms with Crippen LogP contribution in [-0.4, -0.2) is 5.91 Å². The van der Waals surface area contributed by atoms with Gasteiger partial charge in [0.1, 0.15) is 17.5 Å². The predicted molar refractivity (Wildman–Crippen MR) is 114 cm³/mol. The van der Waals surface area contributed by atoms with Crippen molar-refractivity contribution in [2.45, 2.75) is 13.3 Å². The maximum atomic E-state index is 13.5. The lowest BCUT2D eigenvalue weighted by molar-refractivity contribution is -0.112. The van der Waals surface area contributed by atoms with E-state index in [-0.39, 0.29) is 11.4 Å². The highest BCUT2D eigenvalue weighted by Crippen LogP contribution is 2.22. The molecule has 0 aliphatic carbocycles. The van der Waals surface area contributed by atoms with E-state index in [9.17, 15) is 14.4 Å². The number of hydrogen-bond acceptors (Lipinski definition) is 2. The van der Waals surface area contributed by atoms with Gasteiger partial charge in [-0.2, -0.15) is 5.26 Å². The van der Waals surface area contributed by atoms with Crippen LogP contribution in [0.5, 0.6) is 0 Å². The number of carbonyl (C=O) groups is 1. The Morgan fingerprint density at radius 2 is 1.90 bits per heavy atom. The molecule has 1 amide bonds. The van der Waals surface area contributed by atoms with Crippen LogP contribution in [0.2, 0.25) is 5.02 Å². The Labute approximate surface area is 174 Å². The smallest absolute Gasteiger partial charge is 0.266 e. The quantitative estimate of drug-likeness (QED) is 0.423. The third kappa shape index (κ3) is 5.54. The van der Waals surface area contributed by atoms with Gasteiger partial charge in [0, 0.05) is 10.7 Å². The summed E-state index contributed by atoms with van der Waals surface area (Å²) in [5.74, 6) is -0.822. The fourth-order valence-electron chi connectivity index (χ4n) is 2.87. The number of nitrogens with one attached hydrogen (secondary N) is 1. The van der Waals surface area contributed by atoms with E-state index in [0.29, 0.717) is 22.7 Å². The second kappa shape index (κ2) is 9.18. The molecule has 0 unspecified atom stereocenters. The van der Waals surface area contributed by atoms with Crippen molar-refractivity contribution in [1.82, 2.24) is 0 Å². The summed E-state index contributed by atoms with van der Waals surface area (Å²) in [6.45, 7) is 1.95. The van der Waals surface area contributed by atoms with E-state index in [1.807, 2.05) is 37.3 Å². The summed E-state index contributed by atoms with van der Waals surface area (Å²) in [5.41, 5.74) is 3.87. The van der Waals surface area contributed by atoms with Crippen LogP contribution >= 0.6 is 11.6 Å². The number of aryl methyl sites for hydroxylation is 1. The number of amides is 1.